The molecule has 1 aromatic heterocycles. The van der Waals surface area contributed by atoms with Crippen molar-refractivity contribution >= 4 is 21.6 Å². The summed E-state index contributed by atoms with van der Waals surface area (Å²) in [7, 11) is -1.85. The standard InChI is InChI=1S/C32H35FN4O3S/c1-22-7-15-28(16-8-22)41(39,40)35-30-6-4-5-25-11-14-27(20-29(25)30)37(21-31-34-17-18-36(31)3)32(38)19-23(2)24-9-12-26(33)13-10-24/h7-18,20,23,30,35H,4-6,19,21H2,1-3H3/t23-,30+/m1/s1. The molecule has 3 aromatic carbocycles. The maximum absolute atomic E-state index is 13.8. The van der Waals surface area contributed by atoms with Gasteiger partial charge in [0.25, 0.3) is 0 Å². The lowest BCUT2D eigenvalue weighted by atomic mass is 9.87. The molecular formula is C32H35FN4O3S. The van der Waals surface area contributed by atoms with Crippen molar-refractivity contribution in [1.82, 2.24) is 14.3 Å². The van der Waals surface area contributed by atoms with E-state index in [1.54, 1.807) is 47.5 Å². The summed E-state index contributed by atoms with van der Waals surface area (Å²) < 4.78 is 44.8. The zero-order chi connectivity index (χ0) is 29.1. The Morgan fingerprint density at radius 3 is 2.54 bits per heavy atom. The Bertz CT molecular complexity index is 1630. The topological polar surface area (TPSA) is 84.3 Å². The van der Waals surface area contributed by atoms with Crippen LogP contribution in [0.25, 0.3) is 0 Å². The quantitative estimate of drug-likeness (QED) is 0.268. The number of rotatable bonds is 9. The van der Waals surface area contributed by atoms with Gasteiger partial charge in [0.15, 0.2) is 0 Å². The number of anilines is 1. The highest BCUT2D eigenvalue weighted by Gasteiger charge is 2.28. The SMILES string of the molecule is Cc1ccc(S(=O)(=O)N[C@H]2CCCc3ccc(N(Cc4nccn4C)C(=O)C[C@@H](C)c4ccc(F)cc4)cc32)cc1. The fraction of sp³-hybridized carbons (Fsp3) is 0.312. The molecule has 0 saturated carbocycles. The van der Waals surface area contributed by atoms with Gasteiger partial charge in [-0.2, -0.15) is 0 Å². The third-order valence-corrected chi connectivity index (χ3v) is 9.31. The molecule has 1 amide bonds. The van der Waals surface area contributed by atoms with Gasteiger partial charge in [0.05, 0.1) is 11.4 Å². The highest BCUT2D eigenvalue weighted by Crippen LogP contribution is 2.35. The first-order chi connectivity index (χ1) is 19.6. The van der Waals surface area contributed by atoms with E-state index in [0.717, 1.165) is 40.9 Å². The lowest BCUT2D eigenvalue weighted by Gasteiger charge is -2.30. The Labute approximate surface area is 241 Å². The molecule has 7 nitrogen and oxygen atoms in total. The number of imidazole rings is 1. The van der Waals surface area contributed by atoms with Crippen LogP contribution >= 0.6 is 0 Å². The van der Waals surface area contributed by atoms with E-state index >= 15 is 0 Å². The van der Waals surface area contributed by atoms with Gasteiger partial charge in [0.2, 0.25) is 15.9 Å². The number of carbonyl (C=O) groups excluding carboxylic acids is 1. The molecule has 1 heterocycles. The van der Waals surface area contributed by atoms with E-state index in [0.29, 0.717) is 12.1 Å². The highest BCUT2D eigenvalue weighted by molar-refractivity contribution is 7.89. The monoisotopic (exact) mass is 574 g/mol. The van der Waals surface area contributed by atoms with Gasteiger partial charge in [0.1, 0.15) is 11.6 Å². The molecule has 2 atom stereocenters. The lowest BCUT2D eigenvalue weighted by Crippen LogP contribution is -2.34. The van der Waals surface area contributed by atoms with Crippen molar-refractivity contribution in [2.24, 2.45) is 7.05 Å². The van der Waals surface area contributed by atoms with Crippen molar-refractivity contribution in [2.45, 2.75) is 62.9 Å². The highest BCUT2D eigenvalue weighted by atomic mass is 32.2. The second-order valence-corrected chi connectivity index (χ2v) is 12.6. The molecule has 1 aliphatic carbocycles. The molecule has 41 heavy (non-hydrogen) atoms. The molecule has 1 aliphatic rings. The average molecular weight is 575 g/mol. The molecule has 0 unspecified atom stereocenters. The van der Waals surface area contributed by atoms with Crippen LogP contribution in [-0.2, 0) is 34.8 Å². The van der Waals surface area contributed by atoms with Crippen molar-refractivity contribution in [3.05, 3.63) is 113 Å². The molecule has 9 heteroatoms. The molecule has 0 radical (unpaired) electrons. The number of benzene rings is 3. The molecule has 214 valence electrons. The summed E-state index contributed by atoms with van der Waals surface area (Å²) in [4.78, 5) is 20.2. The predicted octanol–water partition coefficient (Wildman–Crippen LogP) is 5.95. The summed E-state index contributed by atoms with van der Waals surface area (Å²) >= 11 is 0. The first-order valence-corrected chi connectivity index (χ1v) is 15.3. The van der Waals surface area contributed by atoms with Crippen LogP contribution in [0.3, 0.4) is 0 Å². The first kappa shape index (κ1) is 28.7. The fourth-order valence-corrected chi connectivity index (χ4v) is 6.59. The number of aromatic nitrogens is 2. The fourth-order valence-electron chi connectivity index (χ4n) is 5.34. The number of sulfonamides is 1. The Morgan fingerprint density at radius 2 is 1.85 bits per heavy atom. The van der Waals surface area contributed by atoms with Crippen molar-refractivity contribution in [3.8, 4) is 0 Å². The maximum Gasteiger partial charge on any atom is 0.241 e. The Kier molecular flexibility index (Phi) is 8.37. The number of aryl methyl sites for hydroxylation is 3. The zero-order valence-corrected chi connectivity index (χ0v) is 24.4. The Morgan fingerprint density at radius 1 is 1.12 bits per heavy atom. The third kappa shape index (κ3) is 6.57. The van der Waals surface area contributed by atoms with E-state index in [2.05, 4.69) is 9.71 Å². The molecular weight excluding hydrogens is 539 g/mol. The van der Waals surface area contributed by atoms with Gasteiger partial charge < -0.3 is 9.47 Å². The van der Waals surface area contributed by atoms with Crippen molar-refractivity contribution in [2.75, 3.05) is 4.90 Å². The van der Waals surface area contributed by atoms with E-state index in [1.165, 1.54) is 12.1 Å². The second-order valence-electron chi connectivity index (χ2n) is 10.9. The van der Waals surface area contributed by atoms with Crippen LogP contribution in [0.15, 0.2) is 84.0 Å². The largest absolute Gasteiger partial charge is 0.337 e. The number of nitrogens with zero attached hydrogens (tertiary/aromatic N) is 3. The number of fused-ring (bicyclic) bond motifs is 1. The molecule has 0 saturated heterocycles. The number of hydrogen-bond acceptors (Lipinski definition) is 4. The molecule has 1 N–H and O–H groups in total. The van der Waals surface area contributed by atoms with Gasteiger partial charge >= 0.3 is 0 Å². The van der Waals surface area contributed by atoms with E-state index in [1.807, 2.05) is 49.9 Å². The number of halogens is 1. The summed E-state index contributed by atoms with van der Waals surface area (Å²) in [5, 5.41) is 0. The smallest absolute Gasteiger partial charge is 0.241 e. The normalized spacial score (nSPS) is 15.8. The first-order valence-electron chi connectivity index (χ1n) is 13.8. The number of amides is 1. The minimum Gasteiger partial charge on any atom is -0.337 e. The van der Waals surface area contributed by atoms with Crippen molar-refractivity contribution in [1.29, 1.82) is 0 Å². The number of nitrogens with one attached hydrogen (secondary N) is 1. The molecule has 5 rings (SSSR count). The van der Waals surface area contributed by atoms with Crippen LogP contribution in [0.4, 0.5) is 10.1 Å². The summed E-state index contributed by atoms with van der Waals surface area (Å²) in [6.45, 7) is 4.13. The third-order valence-electron chi connectivity index (χ3n) is 7.83. The second kappa shape index (κ2) is 12.0. The van der Waals surface area contributed by atoms with Crippen LogP contribution in [0.5, 0.6) is 0 Å². The molecule has 4 aromatic rings. The van der Waals surface area contributed by atoms with Crippen molar-refractivity contribution in [3.63, 3.8) is 0 Å². The van der Waals surface area contributed by atoms with Crippen LogP contribution in [-0.4, -0.2) is 23.9 Å². The number of hydrogen-bond donors (Lipinski definition) is 1. The minimum atomic E-state index is -3.74. The van der Waals surface area contributed by atoms with Crippen molar-refractivity contribution < 1.29 is 17.6 Å². The molecule has 0 bridgehead atoms. The molecule has 0 aliphatic heterocycles. The van der Waals surface area contributed by atoms with Gasteiger partial charge in [-0.1, -0.05) is 42.8 Å². The van der Waals surface area contributed by atoms with Crippen LogP contribution in [0.1, 0.15) is 66.2 Å². The number of carbonyl (C=O) groups is 1. The predicted molar refractivity (Wildman–Crippen MR) is 157 cm³/mol. The Hall–Kier alpha value is -3.82. The summed E-state index contributed by atoms with van der Waals surface area (Å²) in [5.74, 6) is 0.184. The van der Waals surface area contributed by atoms with E-state index < -0.39 is 16.1 Å². The molecule has 0 spiro atoms. The summed E-state index contributed by atoms with van der Waals surface area (Å²) in [6, 6.07) is 18.5. The van der Waals surface area contributed by atoms with Crippen LogP contribution < -0.4 is 9.62 Å². The summed E-state index contributed by atoms with van der Waals surface area (Å²) in [5.41, 5.74) is 4.51. The minimum absolute atomic E-state index is 0.0997. The van der Waals surface area contributed by atoms with Crippen LogP contribution in [0.2, 0.25) is 0 Å². The van der Waals surface area contributed by atoms with Gasteiger partial charge in [-0.15, -0.1) is 0 Å². The summed E-state index contributed by atoms with van der Waals surface area (Å²) in [6.07, 6.45) is 6.11. The lowest BCUT2D eigenvalue weighted by molar-refractivity contribution is -0.119. The van der Waals surface area contributed by atoms with Gasteiger partial charge in [0, 0.05) is 37.6 Å². The van der Waals surface area contributed by atoms with Gasteiger partial charge in [-0.25, -0.2) is 22.5 Å². The van der Waals surface area contributed by atoms with E-state index in [9.17, 15) is 17.6 Å². The zero-order valence-electron chi connectivity index (χ0n) is 23.5. The maximum atomic E-state index is 13.8. The molecule has 0 fully saturated rings. The van der Waals surface area contributed by atoms with Gasteiger partial charge in [-0.05, 0) is 85.2 Å². The van der Waals surface area contributed by atoms with E-state index in [-0.39, 0.29) is 35.5 Å². The van der Waals surface area contributed by atoms with E-state index in [4.69, 9.17) is 0 Å². The average Bonchev–Trinajstić information content (AvgIpc) is 3.36. The van der Waals surface area contributed by atoms with Crippen LogP contribution in [0, 0.1) is 12.7 Å². The Balaban J connectivity index is 1.45. The van der Waals surface area contributed by atoms with Gasteiger partial charge in [-0.3, -0.25) is 4.79 Å².